The Kier molecular flexibility index (Phi) is 3.47. The molecule has 0 unspecified atom stereocenters. The summed E-state index contributed by atoms with van der Waals surface area (Å²) >= 11 is 0. The predicted octanol–water partition coefficient (Wildman–Crippen LogP) is 1.73. The average molecular weight is 328 g/mol. The van der Waals surface area contributed by atoms with E-state index in [0.717, 1.165) is 25.7 Å². The van der Waals surface area contributed by atoms with Gasteiger partial charge in [0.05, 0.1) is 17.8 Å². The molecule has 2 aliphatic carbocycles. The van der Waals surface area contributed by atoms with Crippen molar-refractivity contribution in [3.63, 3.8) is 0 Å². The second kappa shape index (κ2) is 4.69. The van der Waals surface area contributed by atoms with Gasteiger partial charge in [0.15, 0.2) is 0 Å². The van der Waals surface area contributed by atoms with Crippen molar-refractivity contribution in [2.75, 3.05) is 5.75 Å². The van der Waals surface area contributed by atoms with Gasteiger partial charge < -0.3 is 5.73 Å². The first-order chi connectivity index (χ1) is 10.1. The van der Waals surface area contributed by atoms with Crippen molar-refractivity contribution in [3.05, 3.63) is 0 Å². The lowest BCUT2D eigenvalue weighted by Crippen LogP contribution is -2.52. The minimum Gasteiger partial charge on any atom is -0.320 e. The van der Waals surface area contributed by atoms with E-state index in [2.05, 4.69) is 13.8 Å². The molecular formula is C16H28N2O3S. The van der Waals surface area contributed by atoms with Gasteiger partial charge in [-0.15, -0.1) is 0 Å². The van der Waals surface area contributed by atoms with Gasteiger partial charge >= 0.3 is 0 Å². The number of sulfonamides is 1. The van der Waals surface area contributed by atoms with E-state index in [4.69, 9.17) is 5.73 Å². The van der Waals surface area contributed by atoms with Gasteiger partial charge in [0, 0.05) is 5.41 Å². The maximum Gasteiger partial charge on any atom is 0.253 e. The summed E-state index contributed by atoms with van der Waals surface area (Å²) in [4.78, 5) is 12.8. The highest BCUT2D eigenvalue weighted by atomic mass is 32.2. The van der Waals surface area contributed by atoms with E-state index in [1.54, 1.807) is 0 Å². The highest BCUT2D eigenvalue weighted by molar-refractivity contribution is 7.90. The summed E-state index contributed by atoms with van der Waals surface area (Å²) in [7, 11) is -3.54. The molecule has 1 amide bonds. The topological polar surface area (TPSA) is 80.5 Å². The highest BCUT2D eigenvalue weighted by Crippen LogP contribution is 2.70. The number of fused-ring (bicyclic) bond motifs is 1. The third-order valence-electron chi connectivity index (χ3n) is 7.17. The number of amides is 1. The Hall–Kier alpha value is -0.620. The largest absolute Gasteiger partial charge is 0.320 e. The second-order valence-electron chi connectivity index (χ2n) is 8.17. The van der Waals surface area contributed by atoms with Crippen molar-refractivity contribution in [3.8, 4) is 0 Å². The average Bonchev–Trinajstić information content (AvgIpc) is 2.91. The fourth-order valence-electron chi connectivity index (χ4n) is 5.22. The molecule has 22 heavy (non-hydrogen) atoms. The van der Waals surface area contributed by atoms with Crippen LogP contribution in [0.1, 0.15) is 53.4 Å². The summed E-state index contributed by atoms with van der Waals surface area (Å²) in [5.41, 5.74) is 5.79. The van der Waals surface area contributed by atoms with Gasteiger partial charge in [0.25, 0.3) is 5.91 Å². The number of nitrogens with zero attached hydrogens (tertiary/aromatic N) is 1. The first kappa shape index (κ1) is 16.2. The lowest BCUT2D eigenvalue weighted by atomic mass is 9.69. The molecule has 1 saturated heterocycles. The number of carbonyl (C=O) groups is 1. The molecule has 0 radical (unpaired) electrons. The quantitative estimate of drug-likeness (QED) is 0.855. The molecule has 3 aliphatic rings. The molecule has 1 heterocycles. The first-order valence-electron chi connectivity index (χ1n) is 8.40. The van der Waals surface area contributed by atoms with Crippen molar-refractivity contribution in [1.82, 2.24) is 4.31 Å². The lowest BCUT2D eigenvalue weighted by molar-refractivity contribution is -0.131. The van der Waals surface area contributed by atoms with Crippen LogP contribution in [0.3, 0.4) is 0 Å². The maximum absolute atomic E-state index is 12.8. The van der Waals surface area contributed by atoms with Gasteiger partial charge in [-0.05, 0) is 36.5 Å². The number of nitrogens with two attached hydrogens (primary N) is 1. The molecule has 6 heteroatoms. The lowest BCUT2D eigenvalue weighted by Gasteiger charge is -2.37. The van der Waals surface area contributed by atoms with Gasteiger partial charge in [-0.2, -0.15) is 0 Å². The van der Waals surface area contributed by atoms with Crippen LogP contribution >= 0.6 is 0 Å². The SMILES string of the molecule is CC[C@@H](C)[C@H](N)C(=O)N1[C@H]2C[C@@H]3CC[C@@]2(CS1(=O)=O)C3(C)C. The van der Waals surface area contributed by atoms with Gasteiger partial charge in [0.1, 0.15) is 0 Å². The molecule has 5 atom stereocenters. The van der Waals surface area contributed by atoms with Gasteiger partial charge in [-0.1, -0.05) is 34.1 Å². The molecule has 5 nitrogen and oxygen atoms in total. The van der Waals surface area contributed by atoms with E-state index in [9.17, 15) is 13.2 Å². The number of rotatable bonds is 3. The normalized spacial score (nSPS) is 40.5. The highest BCUT2D eigenvalue weighted by Gasteiger charge is 2.72. The summed E-state index contributed by atoms with van der Waals surface area (Å²) in [6.07, 6.45) is 3.57. The third-order valence-corrected chi connectivity index (χ3v) is 9.08. The molecule has 3 rings (SSSR count). The van der Waals surface area contributed by atoms with Crippen LogP contribution in [0.5, 0.6) is 0 Å². The molecule has 0 aromatic carbocycles. The van der Waals surface area contributed by atoms with E-state index in [1.807, 2.05) is 13.8 Å². The Morgan fingerprint density at radius 3 is 2.59 bits per heavy atom. The third kappa shape index (κ3) is 1.80. The standard InChI is InChI=1S/C16H28N2O3S/c1-5-10(2)13(17)14(19)18-12-8-11-6-7-16(12,15(11,3)4)9-22(18,20)21/h10-13H,5-9,17H2,1-4H3/t10-,11+,12+,13+,16+/m1/s1. The zero-order valence-electron chi connectivity index (χ0n) is 14.0. The van der Waals surface area contributed by atoms with E-state index >= 15 is 0 Å². The van der Waals surface area contributed by atoms with Crippen molar-refractivity contribution >= 4 is 15.9 Å². The van der Waals surface area contributed by atoms with Gasteiger partial charge in [0.2, 0.25) is 10.0 Å². The van der Waals surface area contributed by atoms with E-state index < -0.39 is 16.1 Å². The Bertz CT molecular complexity index is 601. The molecule has 3 fully saturated rings. The van der Waals surface area contributed by atoms with Crippen LogP contribution in [0.2, 0.25) is 0 Å². The summed E-state index contributed by atoms with van der Waals surface area (Å²) in [6, 6.07) is -0.897. The Labute approximate surface area is 133 Å². The molecule has 2 N–H and O–H groups in total. The van der Waals surface area contributed by atoms with Crippen LogP contribution in [-0.2, 0) is 14.8 Å². The summed E-state index contributed by atoms with van der Waals surface area (Å²) in [5, 5.41) is 0. The smallest absolute Gasteiger partial charge is 0.253 e. The molecule has 2 bridgehead atoms. The van der Waals surface area contributed by atoms with Crippen molar-refractivity contribution in [1.29, 1.82) is 0 Å². The van der Waals surface area contributed by atoms with Crippen LogP contribution in [0.25, 0.3) is 0 Å². The minimum absolute atomic E-state index is 0.00847. The molecular weight excluding hydrogens is 300 g/mol. The summed E-state index contributed by atoms with van der Waals surface area (Å²) in [6.45, 7) is 8.25. The Morgan fingerprint density at radius 1 is 1.41 bits per heavy atom. The monoisotopic (exact) mass is 328 g/mol. The number of hydrogen-bond donors (Lipinski definition) is 1. The Morgan fingerprint density at radius 2 is 2.05 bits per heavy atom. The van der Waals surface area contributed by atoms with Crippen LogP contribution < -0.4 is 5.73 Å². The zero-order chi connectivity index (χ0) is 16.5. The molecule has 2 saturated carbocycles. The van der Waals surface area contributed by atoms with Crippen LogP contribution in [0.4, 0.5) is 0 Å². The fourth-order valence-corrected chi connectivity index (χ4v) is 7.79. The number of hydrogen-bond acceptors (Lipinski definition) is 4. The van der Waals surface area contributed by atoms with Crippen molar-refractivity contribution in [2.24, 2.45) is 28.4 Å². The zero-order valence-corrected chi connectivity index (χ0v) is 14.8. The van der Waals surface area contributed by atoms with Crippen LogP contribution in [-0.4, -0.2) is 36.5 Å². The molecule has 0 aromatic rings. The number of carbonyl (C=O) groups excluding carboxylic acids is 1. The molecule has 1 aliphatic heterocycles. The van der Waals surface area contributed by atoms with E-state index in [1.165, 1.54) is 4.31 Å². The second-order valence-corrected chi connectivity index (χ2v) is 10.0. The summed E-state index contributed by atoms with van der Waals surface area (Å²) < 4.78 is 26.7. The van der Waals surface area contributed by atoms with E-state index in [0.29, 0.717) is 5.92 Å². The predicted molar refractivity (Wildman–Crippen MR) is 85.4 cm³/mol. The minimum atomic E-state index is -3.54. The van der Waals surface area contributed by atoms with Gasteiger partial charge in [-0.3, -0.25) is 4.79 Å². The molecule has 0 aromatic heterocycles. The van der Waals surface area contributed by atoms with Crippen LogP contribution in [0.15, 0.2) is 0 Å². The Balaban J connectivity index is 1.99. The maximum atomic E-state index is 12.8. The van der Waals surface area contributed by atoms with Crippen LogP contribution in [0, 0.1) is 22.7 Å². The summed E-state index contributed by atoms with van der Waals surface area (Å²) in [5.74, 6) is 0.237. The van der Waals surface area contributed by atoms with E-state index in [-0.39, 0.29) is 34.4 Å². The van der Waals surface area contributed by atoms with Crippen molar-refractivity contribution < 1.29 is 13.2 Å². The fraction of sp³-hybridized carbons (Fsp3) is 0.938. The van der Waals surface area contributed by atoms with Gasteiger partial charge in [-0.25, -0.2) is 12.7 Å². The molecule has 126 valence electrons. The van der Waals surface area contributed by atoms with Crippen molar-refractivity contribution in [2.45, 2.75) is 65.5 Å². The molecule has 1 spiro atoms. The first-order valence-corrected chi connectivity index (χ1v) is 10.0.